The van der Waals surface area contributed by atoms with Crippen LogP contribution < -0.4 is 9.64 Å². The van der Waals surface area contributed by atoms with Crippen molar-refractivity contribution in [2.45, 2.75) is 64.0 Å². The molecule has 1 atom stereocenters. The molecular formula is C28H30N4O5. The van der Waals surface area contributed by atoms with Gasteiger partial charge in [0.05, 0.1) is 29.7 Å². The number of carboxylic acids is 1. The minimum absolute atomic E-state index is 0.0272. The molecule has 9 nitrogen and oxygen atoms in total. The monoisotopic (exact) mass is 502 g/mol. The molecule has 0 saturated heterocycles. The molecule has 5 rings (SSSR count). The van der Waals surface area contributed by atoms with Crippen molar-refractivity contribution in [2.75, 3.05) is 12.0 Å². The molecule has 1 aromatic heterocycles. The number of imidazole rings is 1. The maximum Gasteiger partial charge on any atom is 0.414 e. The smallest absolute Gasteiger partial charge is 0.414 e. The van der Waals surface area contributed by atoms with Crippen LogP contribution in [0.1, 0.15) is 62.0 Å². The molecule has 1 N–H and O–H groups in total. The van der Waals surface area contributed by atoms with Gasteiger partial charge in [-0.05, 0) is 75.3 Å². The second-order valence-corrected chi connectivity index (χ2v) is 9.91. The first-order chi connectivity index (χ1) is 17.9. The molecule has 2 aliphatic rings. The number of carbonyl (C=O) groups excluding carboxylic acids is 1. The summed E-state index contributed by atoms with van der Waals surface area (Å²) in [6.45, 7) is 2.02. The molecular weight excluding hydrogens is 472 g/mol. The molecule has 0 bridgehead atoms. The van der Waals surface area contributed by atoms with Crippen LogP contribution in [0, 0.1) is 17.4 Å². The number of benzene rings is 2. The van der Waals surface area contributed by atoms with Gasteiger partial charge in [-0.1, -0.05) is 12.1 Å². The highest BCUT2D eigenvalue weighted by Gasteiger charge is 2.33. The maximum absolute atomic E-state index is 12.6. The van der Waals surface area contributed by atoms with Crippen LogP contribution in [-0.4, -0.2) is 39.9 Å². The number of hydrogen-bond donors (Lipinski definition) is 1. The van der Waals surface area contributed by atoms with Gasteiger partial charge in [0, 0.05) is 24.1 Å². The van der Waals surface area contributed by atoms with E-state index in [4.69, 9.17) is 19.7 Å². The van der Waals surface area contributed by atoms with E-state index in [2.05, 4.69) is 4.57 Å². The van der Waals surface area contributed by atoms with E-state index in [-0.39, 0.29) is 24.1 Å². The average Bonchev–Trinajstić information content (AvgIpc) is 3.27. The van der Waals surface area contributed by atoms with E-state index in [1.807, 2.05) is 31.2 Å². The fourth-order valence-corrected chi connectivity index (χ4v) is 5.85. The van der Waals surface area contributed by atoms with E-state index in [1.54, 1.807) is 23.3 Å². The Morgan fingerprint density at radius 1 is 1.11 bits per heavy atom. The van der Waals surface area contributed by atoms with Crippen LogP contribution in [0.4, 0.5) is 10.5 Å². The van der Waals surface area contributed by atoms with E-state index in [9.17, 15) is 14.7 Å². The first kappa shape index (κ1) is 24.6. The Bertz CT molecular complexity index is 1370. The Labute approximate surface area is 215 Å². The lowest BCUT2D eigenvalue weighted by Gasteiger charge is -2.34. The molecule has 1 aliphatic carbocycles. The van der Waals surface area contributed by atoms with Gasteiger partial charge in [-0.25, -0.2) is 9.78 Å². The summed E-state index contributed by atoms with van der Waals surface area (Å²) in [5.41, 5.74) is 4.80. The Morgan fingerprint density at radius 2 is 1.84 bits per heavy atom. The molecule has 192 valence electrons. The topological polar surface area (TPSA) is 118 Å². The zero-order valence-corrected chi connectivity index (χ0v) is 21.0. The quantitative estimate of drug-likeness (QED) is 0.476. The van der Waals surface area contributed by atoms with Crippen molar-refractivity contribution in [1.82, 2.24) is 9.55 Å². The number of aliphatic carboxylic acids is 1. The third-order valence-electron chi connectivity index (χ3n) is 7.76. The number of nitriles is 1. The summed E-state index contributed by atoms with van der Waals surface area (Å²) >= 11 is 0. The van der Waals surface area contributed by atoms with E-state index in [1.165, 1.54) is 7.11 Å². The highest BCUT2D eigenvalue weighted by Crippen LogP contribution is 2.40. The average molecular weight is 503 g/mol. The second-order valence-electron chi connectivity index (χ2n) is 9.91. The molecule has 9 heteroatoms. The van der Waals surface area contributed by atoms with Gasteiger partial charge < -0.3 is 19.1 Å². The van der Waals surface area contributed by atoms with Crippen LogP contribution >= 0.6 is 0 Å². The summed E-state index contributed by atoms with van der Waals surface area (Å²) < 4.78 is 12.3. The Kier molecular flexibility index (Phi) is 6.74. The predicted molar refractivity (Wildman–Crippen MR) is 137 cm³/mol. The minimum atomic E-state index is -0.722. The number of rotatable bonds is 5. The van der Waals surface area contributed by atoms with Crippen molar-refractivity contribution >= 4 is 28.8 Å². The van der Waals surface area contributed by atoms with Gasteiger partial charge in [0.1, 0.15) is 11.6 Å². The number of carbonyl (C=O) groups is 2. The van der Waals surface area contributed by atoms with Gasteiger partial charge >= 0.3 is 12.1 Å². The van der Waals surface area contributed by atoms with Crippen LogP contribution in [0.5, 0.6) is 5.75 Å². The maximum atomic E-state index is 12.6. The van der Waals surface area contributed by atoms with Crippen molar-refractivity contribution < 1.29 is 24.2 Å². The lowest BCUT2D eigenvalue weighted by Crippen LogP contribution is -2.42. The Hall–Kier alpha value is -4.06. The summed E-state index contributed by atoms with van der Waals surface area (Å²) in [7, 11) is 1.40. The Balaban J connectivity index is 1.58. The van der Waals surface area contributed by atoms with E-state index in [0.717, 1.165) is 59.4 Å². The summed E-state index contributed by atoms with van der Waals surface area (Å²) in [6, 6.07) is 11.6. The van der Waals surface area contributed by atoms with Crippen molar-refractivity contribution in [2.24, 2.45) is 5.92 Å². The second kappa shape index (κ2) is 10.1. The number of amides is 1. The van der Waals surface area contributed by atoms with Crippen molar-refractivity contribution in [3.8, 4) is 12.0 Å². The van der Waals surface area contributed by atoms with Crippen molar-refractivity contribution in [1.29, 1.82) is 5.26 Å². The molecule has 1 fully saturated rings. The molecule has 37 heavy (non-hydrogen) atoms. The zero-order chi connectivity index (χ0) is 26.1. The molecule has 0 radical (unpaired) electrons. The van der Waals surface area contributed by atoms with Crippen LogP contribution in [-0.2, 0) is 22.4 Å². The molecule has 1 amide bonds. The number of fused-ring (bicyclic) bond motifs is 3. The van der Waals surface area contributed by atoms with Gasteiger partial charge in [-0.3, -0.25) is 9.69 Å². The predicted octanol–water partition coefficient (Wildman–Crippen LogP) is 5.21. The van der Waals surface area contributed by atoms with E-state index >= 15 is 0 Å². The van der Waals surface area contributed by atoms with Crippen molar-refractivity contribution in [3.63, 3.8) is 0 Å². The fourth-order valence-electron chi connectivity index (χ4n) is 5.85. The number of methoxy groups -OCH3 is 1. The van der Waals surface area contributed by atoms with Crippen LogP contribution in [0.15, 0.2) is 36.4 Å². The summed E-state index contributed by atoms with van der Waals surface area (Å²) in [4.78, 5) is 31.0. The van der Waals surface area contributed by atoms with Gasteiger partial charge in [0.25, 0.3) is 6.26 Å². The third-order valence-corrected chi connectivity index (χ3v) is 7.76. The number of carboxylic acid groups (broad SMARTS) is 1. The summed E-state index contributed by atoms with van der Waals surface area (Å²) in [5, 5.41) is 18.3. The standard InChI is InChI=1S/C28H30N4O5/c1-17-3-12-22-23(31(17)28(35)36-2)13-14-24-26(22)30-25(15-18-4-10-21(11-5-18)37-16-29)32(24)20-8-6-19(7-9-20)27(33)34/h4-5,10-11,13-14,17,19-20H,3,6-9,12,15H2,1-2H3,(H,33,34)/t17-,19?,20?/m0/s1. The molecule has 2 aromatic carbocycles. The first-order valence-corrected chi connectivity index (χ1v) is 12.7. The minimum Gasteiger partial charge on any atom is -0.481 e. The largest absolute Gasteiger partial charge is 0.481 e. The van der Waals surface area contributed by atoms with Crippen LogP contribution in [0.3, 0.4) is 0 Å². The molecule has 0 spiro atoms. The van der Waals surface area contributed by atoms with Gasteiger partial charge in [0.2, 0.25) is 0 Å². The number of aromatic nitrogens is 2. The van der Waals surface area contributed by atoms with Gasteiger partial charge in [-0.15, -0.1) is 5.26 Å². The van der Waals surface area contributed by atoms with Crippen LogP contribution in [0.25, 0.3) is 11.0 Å². The Morgan fingerprint density at radius 3 is 2.49 bits per heavy atom. The van der Waals surface area contributed by atoms with E-state index < -0.39 is 5.97 Å². The number of aryl methyl sites for hydroxylation is 1. The highest BCUT2D eigenvalue weighted by molar-refractivity contribution is 5.95. The SMILES string of the molecule is COC(=O)N1c2ccc3c(nc(Cc4ccc(OC#N)cc4)n3C3CCC(C(=O)O)CC3)c2CC[C@@H]1C. The summed E-state index contributed by atoms with van der Waals surface area (Å²) in [6.07, 6.45) is 6.32. The van der Waals surface area contributed by atoms with Gasteiger partial charge in [-0.2, -0.15) is 0 Å². The summed E-state index contributed by atoms with van der Waals surface area (Å²) in [5.74, 6) is 0.363. The normalized spacial score (nSPS) is 21.2. The van der Waals surface area contributed by atoms with E-state index in [0.29, 0.717) is 25.0 Å². The number of nitrogens with zero attached hydrogens (tertiary/aromatic N) is 4. The number of ether oxygens (including phenoxy) is 2. The molecule has 1 saturated carbocycles. The number of anilines is 1. The number of hydrogen-bond acceptors (Lipinski definition) is 6. The van der Waals surface area contributed by atoms with Crippen LogP contribution in [0.2, 0.25) is 0 Å². The third kappa shape index (κ3) is 4.59. The van der Waals surface area contributed by atoms with Gasteiger partial charge in [0.15, 0.2) is 0 Å². The lowest BCUT2D eigenvalue weighted by atomic mass is 9.85. The molecule has 2 heterocycles. The molecule has 1 aliphatic heterocycles. The highest BCUT2D eigenvalue weighted by atomic mass is 16.5. The lowest BCUT2D eigenvalue weighted by molar-refractivity contribution is -0.143. The molecule has 0 unspecified atom stereocenters. The zero-order valence-electron chi connectivity index (χ0n) is 21.0. The first-order valence-electron chi connectivity index (χ1n) is 12.7. The fraction of sp³-hybridized carbons (Fsp3) is 0.429. The molecule has 3 aromatic rings. The van der Waals surface area contributed by atoms with Crippen molar-refractivity contribution in [3.05, 3.63) is 53.3 Å².